The van der Waals surface area contributed by atoms with Gasteiger partial charge in [-0.25, -0.2) is 0 Å². The summed E-state index contributed by atoms with van der Waals surface area (Å²) < 4.78 is 6.27. The number of ether oxygens (including phenoxy) is 1. The molecule has 1 aromatic carbocycles. The number of nitrogens with zero attached hydrogens (tertiary/aromatic N) is 2. The summed E-state index contributed by atoms with van der Waals surface area (Å²) in [5.74, 6) is 1.37. The van der Waals surface area contributed by atoms with Crippen LogP contribution in [0.15, 0.2) is 30.3 Å². The van der Waals surface area contributed by atoms with Crippen LogP contribution in [-0.4, -0.2) is 65.3 Å². The largest absolute Gasteiger partial charge is 0.396 e. The maximum Gasteiger partial charge on any atom is 0.222 e. The number of fused-ring (bicyclic) bond motifs is 1. The standard InChI is InChI=1S/C23H32N2O3/c26-15-19-20-14-25(16-23(20)9-6-21(19)28-23)22(27)12-17-7-10-24(11-8-17)13-18-4-2-1-3-5-18/h1-5,17,19-21,26H,6-16H2/t19-,20+,21+,23+/m0/s1. The molecule has 5 heteroatoms. The first-order valence-corrected chi connectivity index (χ1v) is 11.0. The number of amides is 1. The highest BCUT2D eigenvalue weighted by Gasteiger charge is 2.63. The smallest absolute Gasteiger partial charge is 0.222 e. The second kappa shape index (κ2) is 7.43. The van der Waals surface area contributed by atoms with E-state index in [0.29, 0.717) is 24.2 Å². The van der Waals surface area contributed by atoms with E-state index in [-0.39, 0.29) is 24.2 Å². The van der Waals surface area contributed by atoms with E-state index < -0.39 is 0 Å². The molecule has 2 bridgehead atoms. The van der Waals surface area contributed by atoms with Gasteiger partial charge in [0.15, 0.2) is 0 Å². The first-order chi connectivity index (χ1) is 13.7. The average molecular weight is 385 g/mol. The first-order valence-electron chi connectivity index (χ1n) is 11.0. The molecule has 28 heavy (non-hydrogen) atoms. The quantitative estimate of drug-likeness (QED) is 0.846. The Morgan fingerprint density at radius 1 is 1.18 bits per heavy atom. The number of likely N-dealkylation sites (tertiary alicyclic amines) is 2. The van der Waals surface area contributed by atoms with Crippen molar-refractivity contribution in [1.29, 1.82) is 0 Å². The van der Waals surface area contributed by atoms with Crippen LogP contribution >= 0.6 is 0 Å². The van der Waals surface area contributed by atoms with Gasteiger partial charge in [-0.1, -0.05) is 30.3 Å². The van der Waals surface area contributed by atoms with Gasteiger partial charge in [0, 0.05) is 38.0 Å². The van der Waals surface area contributed by atoms with Gasteiger partial charge in [0.25, 0.3) is 0 Å². The van der Waals surface area contributed by atoms with Crippen molar-refractivity contribution in [2.45, 2.75) is 50.4 Å². The van der Waals surface area contributed by atoms with E-state index in [4.69, 9.17) is 4.74 Å². The molecule has 0 aliphatic carbocycles. The number of rotatable bonds is 5. The van der Waals surface area contributed by atoms with Crippen molar-refractivity contribution in [2.75, 3.05) is 32.8 Å². The van der Waals surface area contributed by atoms with Gasteiger partial charge in [-0.05, 0) is 50.3 Å². The Kier molecular flexibility index (Phi) is 4.93. The van der Waals surface area contributed by atoms with Crippen molar-refractivity contribution in [3.8, 4) is 0 Å². The van der Waals surface area contributed by atoms with Crippen LogP contribution in [0.25, 0.3) is 0 Å². The van der Waals surface area contributed by atoms with Crippen LogP contribution in [0.3, 0.4) is 0 Å². The van der Waals surface area contributed by atoms with Crippen LogP contribution in [0.5, 0.6) is 0 Å². The number of piperidine rings is 1. The summed E-state index contributed by atoms with van der Waals surface area (Å²) in [6.45, 7) is 4.90. The maximum absolute atomic E-state index is 13.0. The van der Waals surface area contributed by atoms with E-state index in [0.717, 1.165) is 58.4 Å². The van der Waals surface area contributed by atoms with Gasteiger partial charge in [0.2, 0.25) is 5.91 Å². The minimum absolute atomic E-state index is 0.146. The van der Waals surface area contributed by atoms with E-state index in [1.807, 2.05) is 4.90 Å². The lowest BCUT2D eigenvalue weighted by molar-refractivity contribution is -0.133. The molecule has 0 aromatic heterocycles. The fraction of sp³-hybridized carbons (Fsp3) is 0.696. The summed E-state index contributed by atoms with van der Waals surface area (Å²) in [7, 11) is 0. The van der Waals surface area contributed by atoms with Crippen molar-refractivity contribution >= 4 is 5.91 Å². The predicted octanol–water partition coefficient (Wildman–Crippen LogP) is 2.29. The zero-order chi connectivity index (χ0) is 19.1. The second-order valence-corrected chi connectivity index (χ2v) is 9.40. The summed E-state index contributed by atoms with van der Waals surface area (Å²) in [6, 6.07) is 10.6. The third kappa shape index (κ3) is 3.27. The molecule has 4 aliphatic heterocycles. The molecule has 0 unspecified atom stereocenters. The van der Waals surface area contributed by atoms with Gasteiger partial charge < -0.3 is 14.7 Å². The lowest BCUT2D eigenvalue weighted by Crippen LogP contribution is -2.39. The number of hydrogen-bond donors (Lipinski definition) is 1. The SMILES string of the molecule is O=C(CC1CCN(Cc2ccccc2)CC1)N1C[C@@H]2[C@H](CO)[C@H]3CC[C@]2(C1)O3. The fourth-order valence-electron chi connectivity index (χ4n) is 6.19. The summed E-state index contributed by atoms with van der Waals surface area (Å²) in [4.78, 5) is 17.5. The first kappa shape index (κ1) is 18.6. The number of hydrogen-bond acceptors (Lipinski definition) is 4. The van der Waals surface area contributed by atoms with E-state index >= 15 is 0 Å². The van der Waals surface area contributed by atoms with Gasteiger partial charge in [-0.15, -0.1) is 0 Å². The molecule has 0 radical (unpaired) electrons. The average Bonchev–Trinajstić information content (AvgIpc) is 3.38. The predicted molar refractivity (Wildman–Crippen MR) is 107 cm³/mol. The Balaban J connectivity index is 1.12. The molecule has 4 atom stereocenters. The molecule has 4 aliphatic rings. The second-order valence-electron chi connectivity index (χ2n) is 9.40. The molecule has 5 nitrogen and oxygen atoms in total. The minimum Gasteiger partial charge on any atom is -0.396 e. The Hall–Kier alpha value is -1.43. The van der Waals surface area contributed by atoms with Gasteiger partial charge in [-0.3, -0.25) is 9.69 Å². The third-order valence-corrected chi connectivity index (χ3v) is 7.77. The third-order valence-electron chi connectivity index (χ3n) is 7.77. The molecule has 1 aromatic rings. The summed E-state index contributed by atoms with van der Waals surface area (Å²) in [5.41, 5.74) is 1.22. The van der Waals surface area contributed by atoms with Crippen molar-refractivity contribution in [2.24, 2.45) is 17.8 Å². The molecule has 5 rings (SSSR count). The molecule has 152 valence electrons. The zero-order valence-electron chi connectivity index (χ0n) is 16.6. The van der Waals surface area contributed by atoms with Gasteiger partial charge in [0.05, 0.1) is 18.2 Å². The highest BCUT2D eigenvalue weighted by atomic mass is 16.5. The summed E-state index contributed by atoms with van der Waals surface area (Å²) in [6.07, 6.45) is 5.22. The Morgan fingerprint density at radius 2 is 1.96 bits per heavy atom. The van der Waals surface area contributed by atoms with Gasteiger partial charge in [0.1, 0.15) is 0 Å². The van der Waals surface area contributed by atoms with Crippen molar-refractivity contribution < 1.29 is 14.6 Å². The Labute approximate surface area is 167 Å². The molecule has 4 heterocycles. The Bertz CT molecular complexity index is 703. The minimum atomic E-state index is -0.146. The van der Waals surface area contributed by atoms with E-state index in [1.54, 1.807) is 0 Å². The monoisotopic (exact) mass is 384 g/mol. The molecule has 1 N–H and O–H groups in total. The van der Waals surface area contributed by atoms with E-state index in [1.165, 1.54) is 5.56 Å². The van der Waals surface area contributed by atoms with Crippen molar-refractivity contribution in [1.82, 2.24) is 9.80 Å². The lowest BCUT2D eigenvalue weighted by Gasteiger charge is -2.32. The normalized spacial score (nSPS) is 35.5. The topological polar surface area (TPSA) is 53.0 Å². The molecular weight excluding hydrogens is 352 g/mol. The zero-order valence-corrected chi connectivity index (χ0v) is 16.6. The molecule has 1 spiro atoms. The fourth-order valence-corrected chi connectivity index (χ4v) is 6.19. The van der Waals surface area contributed by atoms with Crippen LogP contribution in [0.2, 0.25) is 0 Å². The van der Waals surface area contributed by atoms with Gasteiger partial charge >= 0.3 is 0 Å². The van der Waals surface area contributed by atoms with Crippen LogP contribution < -0.4 is 0 Å². The van der Waals surface area contributed by atoms with Crippen LogP contribution in [0.4, 0.5) is 0 Å². The van der Waals surface area contributed by atoms with E-state index in [2.05, 4.69) is 35.2 Å². The van der Waals surface area contributed by atoms with Gasteiger partial charge in [-0.2, -0.15) is 0 Å². The highest BCUT2D eigenvalue weighted by molar-refractivity contribution is 5.77. The molecule has 4 fully saturated rings. The van der Waals surface area contributed by atoms with Crippen LogP contribution in [0, 0.1) is 17.8 Å². The van der Waals surface area contributed by atoms with Crippen molar-refractivity contribution in [3.63, 3.8) is 0 Å². The van der Waals surface area contributed by atoms with E-state index in [9.17, 15) is 9.90 Å². The Morgan fingerprint density at radius 3 is 2.71 bits per heavy atom. The van der Waals surface area contributed by atoms with Crippen molar-refractivity contribution in [3.05, 3.63) is 35.9 Å². The number of aliphatic hydroxyl groups is 1. The number of carbonyl (C=O) groups is 1. The summed E-state index contributed by atoms with van der Waals surface area (Å²) in [5, 5.41) is 9.76. The lowest BCUT2D eigenvalue weighted by atomic mass is 9.74. The maximum atomic E-state index is 13.0. The molecule has 0 saturated carbocycles. The van der Waals surface area contributed by atoms with Crippen LogP contribution in [0.1, 0.15) is 37.7 Å². The number of benzene rings is 1. The number of carbonyl (C=O) groups excluding carboxylic acids is 1. The van der Waals surface area contributed by atoms with Crippen LogP contribution in [-0.2, 0) is 16.1 Å². The highest BCUT2D eigenvalue weighted by Crippen LogP contribution is 2.54. The molecule has 1 amide bonds. The molecule has 4 saturated heterocycles. The number of aliphatic hydroxyl groups excluding tert-OH is 1. The molecular formula is C23H32N2O3. The summed E-state index contributed by atoms with van der Waals surface area (Å²) >= 11 is 0.